The fourth-order valence-electron chi connectivity index (χ4n) is 3.25. The van der Waals surface area contributed by atoms with Crippen molar-refractivity contribution >= 4 is 0 Å². The number of benzene rings is 1. The first-order chi connectivity index (χ1) is 14.3. The van der Waals surface area contributed by atoms with Crippen LogP contribution in [0.1, 0.15) is 28.3 Å². The lowest BCUT2D eigenvalue weighted by Gasteiger charge is -2.21. The van der Waals surface area contributed by atoms with Gasteiger partial charge in [-0.3, -0.25) is 14.9 Å². The molecule has 0 bridgehead atoms. The number of hydrogen-bond donors (Lipinski definition) is 0. The topological polar surface area (TPSA) is 72.6 Å². The Morgan fingerprint density at radius 2 is 1.55 bits per heavy atom. The Morgan fingerprint density at radius 3 is 2.17 bits per heavy atom. The van der Waals surface area contributed by atoms with Crippen molar-refractivity contribution in [3.63, 3.8) is 0 Å². The minimum absolute atomic E-state index is 0.603. The molecule has 0 N–H and O–H groups in total. The molecule has 0 saturated carbocycles. The number of aromatic nitrogens is 6. The molecule has 3 aromatic heterocycles. The average molecular weight is 385 g/mol. The highest BCUT2D eigenvalue weighted by molar-refractivity contribution is 5.22. The number of pyridine rings is 2. The lowest BCUT2D eigenvalue weighted by atomic mass is 10.1. The first kappa shape index (κ1) is 18.9. The molecule has 0 aliphatic rings. The Kier molecular flexibility index (Phi) is 5.97. The molecule has 4 rings (SSSR count). The van der Waals surface area contributed by atoms with E-state index >= 15 is 0 Å². The van der Waals surface area contributed by atoms with Gasteiger partial charge in [-0.1, -0.05) is 42.0 Å². The van der Waals surface area contributed by atoms with Gasteiger partial charge in [-0.15, -0.1) is 5.10 Å². The molecule has 1 aromatic carbocycles. The first-order valence-corrected chi connectivity index (χ1v) is 9.59. The van der Waals surface area contributed by atoms with Gasteiger partial charge in [-0.05, 0) is 47.2 Å². The van der Waals surface area contributed by atoms with E-state index in [0.717, 1.165) is 17.2 Å². The quantitative estimate of drug-likeness (QED) is 0.464. The summed E-state index contributed by atoms with van der Waals surface area (Å²) in [6.07, 6.45) is 3.63. The van der Waals surface area contributed by atoms with Crippen LogP contribution in [0.25, 0.3) is 0 Å². The van der Waals surface area contributed by atoms with Crippen LogP contribution in [0.4, 0.5) is 0 Å². The van der Waals surface area contributed by atoms with E-state index in [1.807, 2.05) is 53.5 Å². The fraction of sp³-hybridized carbons (Fsp3) is 0.227. The van der Waals surface area contributed by atoms with E-state index in [0.29, 0.717) is 26.2 Å². The highest BCUT2D eigenvalue weighted by Crippen LogP contribution is 2.12. The third kappa shape index (κ3) is 5.30. The fourth-order valence-corrected chi connectivity index (χ4v) is 3.25. The van der Waals surface area contributed by atoms with Gasteiger partial charge < -0.3 is 0 Å². The molecule has 0 atom stereocenters. The van der Waals surface area contributed by atoms with Crippen LogP contribution < -0.4 is 0 Å². The van der Waals surface area contributed by atoms with E-state index in [9.17, 15) is 0 Å². The van der Waals surface area contributed by atoms with Gasteiger partial charge in [0.15, 0.2) is 5.82 Å². The molecule has 7 nitrogen and oxygen atoms in total. The van der Waals surface area contributed by atoms with Crippen LogP contribution in [0, 0.1) is 6.92 Å². The minimum atomic E-state index is 0.603. The highest BCUT2D eigenvalue weighted by atomic mass is 15.5. The lowest BCUT2D eigenvalue weighted by Crippen LogP contribution is -2.25. The number of tetrazole rings is 1. The number of hydrogen-bond acceptors (Lipinski definition) is 6. The molecule has 7 heteroatoms. The average Bonchev–Trinajstić information content (AvgIpc) is 3.16. The number of aryl methyl sites for hydroxylation is 1. The molecule has 4 aromatic rings. The van der Waals surface area contributed by atoms with Gasteiger partial charge in [0.25, 0.3) is 0 Å². The van der Waals surface area contributed by atoms with Crippen LogP contribution in [0.2, 0.25) is 0 Å². The van der Waals surface area contributed by atoms with Crippen LogP contribution >= 0.6 is 0 Å². The molecular weight excluding hydrogens is 362 g/mol. The predicted molar refractivity (Wildman–Crippen MR) is 110 cm³/mol. The standard InChI is InChI=1S/C22H23N7/c1-18-7-6-8-19(13-18)14-29-22(25-26-27-29)17-28(15-20-9-2-4-11-23-20)16-21-10-3-5-12-24-21/h2-13H,14-17H2,1H3. The molecule has 0 saturated heterocycles. The molecule has 0 aliphatic carbocycles. The minimum Gasteiger partial charge on any atom is -0.284 e. The summed E-state index contributed by atoms with van der Waals surface area (Å²) in [6, 6.07) is 20.3. The summed E-state index contributed by atoms with van der Waals surface area (Å²) < 4.78 is 1.86. The summed E-state index contributed by atoms with van der Waals surface area (Å²) in [5.41, 5.74) is 4.41. The Labute approximate surface area is 170 Å². The van der Waals surface area contributed by atoms with Crippen molar-refractivity contribution < 1.29 is 0 Å². The summed E-state index contributed by atoms with van der Waals surface area (Å²) >= 11 is 0. The third-order valence-corrected chi connectivity index (χ3v) is 4.61. The largest absolute Gasteiger partial charge is 0.284 e. The molecule has 0 spiro atoms. The molecule has 0 unspecified atom stereocenters. The van der Waals surface area contributed by atoms with Gasteiger partial charge in [0.05, 0.1) is 24.5 Å². The van der Waals surface area contributed by atoms with E-state index in [1.165, 1.54) is 11.1 Å². The van der Waals surface area contributed by atoms with Gasteiger partial charge in [-0.25, -0.2) is 4.68 Å². The van der Waals surface area contributed by atoms with Crippen molar-refractivity contribution in [2.45, 2.75) is 33.1 Å². The zero-order valence-electron chi connectivity index (χ0n) is 16.4. The zero-order valence-corrected chi connectivity index (χ0v) is 16.4. The summed E-state index contributed by atoms with van der Waals surface area (Å²) in [5, 5.41) is 12.4. The summed E-state index contributed by atoms with van der Waals surface area (Å²) in [7, 11) is 0. The second kappa shape index (κ2) is 9.16. The molecule has 3 heterocycles. The molecule has 0 radical (unpaired) electrons. The smallest absolute Gasteiger partial charge is 0.165 e. The monoisotopic (exact) mass is 385 g/mol. The van der Waals surface area contributed by atoms with Crippen molar-refractivity contribution in [2.24, 2.45) is 0 Å². The zero-order chi connectivity index (χ0) is 19.9. The van der Waals surface area contributed by atoms with Crippen molar-refractivity contribution in [1.29, 1.82) is 0 Å². The molecular formula is C22H23N7. The highest BCUT2D eigenvalue weighted by Gasteiger charge is 2.15. The second-order valence-corrected chi connectivity index (χ2v) is 7.03. The Hall–Kier alpha value is -3.45. The maximum atomic E-state index is 4.47. The van der Waals surface area contributed by atoms with E-state index in [-0.39, 0.29) is 0 Å². The van der Waals surface area contributed by atoms with Crippen LogP contribution in [0.15, 0.2) is 73.1 Å². The van der Waals surface area contributed by atoms with Crippen molar-refractivity contribution in [2.75, 3.05) is 0 Å². The van der Waals surface area contributed by atoms with E-state index in [4.69, 9.17) is 0 Å². The number of nitrogens with zero attached hydrogens (tertiary/aromatic N) is 7. The molecule has 0 aliphatic heterocycles. The summed E-state index contributed by atoms with van der Waals surface area (Å²) in [6.45, 7) is 4.71. The normalized spacial score (nSPS) is 11.1. The molecule has 146 valence electrons. The molecule has 29 heavy (non-hydrogen) atoms. The number of rotatable bonds is 8. The lowest BCUT2D eigenvalue weighted by molar-refractivity contribution is 0.231. The van der Waals surface area contributed by atoms with Gasteiger partial charge in [0.2, 0.25) is 0 Å². The third-order valence-electron chi connectivity index (χ3n) is 4.61. The van der Waals surface area contributed by atoms with Crippen LogP contribution in [0.5, 0.6) is 0 Å². The maximum Gasteiger partial charge on any atom is 0.165 e. The Bertz CT molecular complexity index is 990. The van der Waals surface area contributed by atoms with Crippen LogP contribution in [0.3, 0.4) is 0 Å². The van der Waals surface area contributed by atoms with Gasteiger partial charge in [0, 0.05) is 25.5 Å². The van der Waals surface area contributed by atoms with Crippen molar-refractivity contribution in [1.82, 2.24) is 35.1 Å². The molecule has 0 amide bonds. The van der Waals surface area contributed by atoms with Crippen LogP contribution in [-0.4, -0.2) is 35.1 Å². The van der Waals surface area contributed by atoms with Crippen LogP contribution in [-0.2, 0) is 26.2 Å². The first-order valence-electron chi connectivity index (χ1n) is 9.59. The van der Waals surface area contributed by atoms with Crippen molar-refractivity contribution in [3.8, 4) is 0 Å². The summed E-state index contributed by atoms with van der Waals surface area (Å²) in [4.78, 5) is 11.2. The predicted octanol–water partition coefficient (Wildman–Crippen LogP) is 3.02. The van der Waals surface area contributed by atoms with Gasteiger partial charge in [0.1, 0.15) is 0 Å². The van der Waals surface area contributed by atoms with E-state index < -0.39 is 0 Å². The van der Waals surface area contributed by atoms with E-state index in [1.54, 1.807) is 0 Å². The molecule has 0 fully saturated rings. The summed E-state index contributed by atoms with van der Waals surface area (Å²) in [5.74, 6) is 0.818. The van der Waals surface area contributed by atoms with E-state index in [2.05, 4.69) is 61.6 Å². The van der Waals surface area contributed by atoms with Crippen molar-refractivity contribution in [3.05, 3.63) is 101 Å². The Morgan fingerprint density at radius 1 is 0.828 bits per heavy atom. The second-order valence-electron chi connectivity index (χ2n) is 7.03. The van der Waals surface area contributed by atoms with Gasteiger partial charge >= 0.3 is 0 Å². The maximum absolute atomic E-state index is 4.47. The van der Waals surface area contributed by atoms with Gasteiger partial charge in [-0.2, -0.15) is 0 Å². The Balaban J connectivity index is 1.53. The SMILES string of the molecule is Cc1cccc(Cn2nnnc2CN(Cc2ccccn2)Cc2ccccn2)c1.